The van der Waals surface area contributed by atoms with Crippen LogP contribution in [0.4, 0.5) is 20.9 Å². The average Bonchev–Trinajstić information content (AvgIpc) is 4.32. The number of rotatable bonds is 26. The average molecular weight is 1090 g/mol. The predicted octanol–water partition coefficient (Wildman–Crippen LogP) is 6.11. The molecular formula is C57H62FN7O12S. The van der Waals surface area contributed by atoms with Crippen LogP contribution in [0.3, 0.4) is 0 Å². The predicted molar refractivity (Wildman–Crippen MR) is 287 cm³/mol. The topological polar surface area (TPSA) is 216 Å². The molecule has 4 heterocycles. The number of aromatic nitrogens is 1. The number of fused-ring (bicyclic) bond motifs is 2. The van der Waals surface area contributed by atoms with Crippen LogP contribution in [-0.4, -0.2) is 166 Å². The summed E-state index contributed by atoms with van der Waals surface area (Å²) in [5, 5.41) is 8.08. The molecule has 2 unspecified atom stereocenters. The zero-order valence-electron chi connectivity index (χ0n) is 43.4. The van der Waals surface area contributed by atoms with E-state index in [0.717, 1.165) is 27.3 Å². The maximum atomic E-state index is 14.6. The molecule has 19 nitrogen and oxygen atoms in total. The van der Waals surface area contributed by atoms with Crippen molar-refractivity contribution in [3.63, 3.8) is 0 Å². The number of hydrogen-bond donors (Lipinski definition) is 2. The summed E-state index contributed by atoms with van der Waals surface area (Å²) in [6.45, 7) is 8.52. The lowest BCUT2D eigenvalue weighted by atomic mass is 9.92. The molecule has 4 aromatic carbocycles. The third-order valence-corrected chi connectivity index (χ3v) is 14.8. The molecule has 1 saturated heterocycles. The summed E-state index contributed by atoms with van der Waals surface area (Å²) in [5.41, 5.74) is 6.10. The first kappa shape index (κ1) is 55.5. The molecule has 2 N–H and O–H groups in total. The minimum atomic E-state index is -1.07. The normalized spacial score (nSPS) is 16.7. The van der Waals surface area contributed by atoms with Gasteiger partial charge in [0, 0.05) is 74.2 Å². The summed E-state index contributed by atoms with van der Waals surface area (Å²) < 4.78 is 42.6. The molecule has 78 heavy (non-hydrogen) atoms. The van der Waals surface area contributed by atoms with Gasteiger partial charge in [-0.1, -0.05) is 36.4 Å². The van der Waals surface area contributed by atoms with Gasteiger partial charge >= 0.3 is 0 Å². The molecule has 0 radical (unpaired) electrons. The Morgan fingerprint density at radius 2 is 1.42 bits per heavy atom. The van der Waals surface area contributed by atoms with Gasteiger partial charge in [-0.15, -0.1) is 11.3 Å². The number of ether oxygens (including phenoxy) is 5. The van der Waals surface area contributed by atoms with Gasteiger partial charge in [0.05, 0.1) is 96.1 Å². The molecule has 0 spiro atoms. The maximum absolute atomic E-state index is 14.6. The molecule has 4 aliphatic rings. The Kier molecular flexibility index (Phi) is 18.8. The molecule has 5 amide bonds. The molecule has 410 valence electrons. The number of imide groups is 1. The van der Waals surface area contributed by atoms with E-state index in [-0.39, 0.29) is 61.0 Å². The van der Waals surface area contributed by atoms with Crippen LogP contribution in [0.1, 0.15) is 79.5 Å². The van der Waals surface area contributed by atoms with Gasteiger partial charge in [0.1, 0.15) is 17.6 Å². The lowest BCUT2D eigenvalue weighted by Crippen LogP contribution is -2.49. The third-order valence-electron chi connectivity index (χ3n) is 14.1. The van der Waals surface area contributed by atoms with Crippen molar-refractivity contribution < 1.29 is 61.6 Å². The lowest BCUT2D eigenvalue weighted by Gasteiger charge is -2.36. The number of aryl methyl sites for hydroxylation is 1. The standard InChI is InChI=1S/C57H62FN7O12S/c1-37-5-10-41(58)34-45(37)52(53(69)61-57-60-17-32-78-57)64-36-40-7-6-39(33-46(40)54(64)70)38-8-11-42(12-9-38)62-18-20-63(21-19-62)50(68)15-22-73-24-26-75-28-30-77-31-29-76-27-25-74-23-16-59-47-4-2-3-44-51(47)56(72)65(55(44)71)48-14-13-43(66)35-49(48)67/h2-12,17,32-34,48,52,59H,13-16,18-31,35-36H2,1H3,(H,60,61,69). The fourth-order valence-corrected chi connectivity index (χ4v) is 10.6. The Morgan fingerprint density at radius 1 is 0.744 bits per heavy atom. The van der Waals surface area contributed by atoms with Gasteiger partial charge in [-0.05, 0) is 83.6 Å². The highest BCUT2D eigenvalue weighted by molar-refractivity contribution is 7.13. The second-order valence-corrected chi connectivity index (χ2v) is 20.0. The number of carbonyl (C=O) groups excluding carboxylic acids is 7. The smallest absolute Gasteiger partial charge is 0.264 e. The number of nitrogens with one attached hydrogen (secondary N) is 2. The van der Waals surface area contributed by atoms with Crippen molar-refractivity contribution in [1.29, 1.82) is 0 Å². The Labute approximate surface area is 454 Å². The number of ketones is 2. The fraction of sp³-hybridized carbons (Fsp3) is 0.404. The second kappa shape index (κ2) is 26.4. The van der Waals surface area contributed by atoms with E-state index in [0.29, 0.717) is 126 Å². The molecule has 3 aliphatic heterocycles. The number of carbonyl (C=O) groups is 7. The lowest BCUT2D eigenvalue weighted by molar-refractivity contribution is -0.133. The Morgan fingerprint density at radius 3 is 2.10 bits per heavy atom. The van der Waals surface area contributed by atoms with Crippen LogP contribution in [0.25, 0.3) is 11.1 Å². The van der Waals surface area contributed by atoms with E-state index in [9.17, 15) is 38.0 Å². The molecule has 21 heteroatoms. The highest BCUT2D eigenvalue weighted by Crippen LogP contribution is 2.37. The summed E-state index contributed by atoms with van der Waals surface area (Å²) in [7, 11) is 0. The molecule has 0 bridgehead atoms. The number of nitrogens with zero attached hydrogens (tertiary/aromatic N) is 5. The van der Waals surface area contributed by atoms with Crippen LogP contribution < -0.4 is 15.5 Å². The largest absolute Gasteiger partial charge is 0.382 e. The van der Waals surface area contributed by atoms with E-state index < -0.39 is 41.4 Å². The fourth-order valence-electron chi connectivity index (χ4n) is 10.0. The highest BCUT2D eigenvalue weighted by atomic mass is 32.1. The number of benzene rings is 4. The number of hydrogen-bond acceptors (Lipinski definition) is 16. The van der Waals surface area contributed by atoms with Crippen LogP contribution in [0.2, 0.25) is 0 Å². The number of piperazine rings is 1. The van der Waals surface area contributed by atoms with E-state index in [4.69, 9.17) is 23.7 Å². The highest BCUT2D eigenvalue weighted by Gasteiger charge is 2.45. The van der Waals surface area contributed by atoms with Gasteiger partial charge in [-0.2, -0.15) is 0 Å². The van der Waals surface area contributed by atoms with Gasteiger partial charge in [0.15, 0.2) is 10.9 Å². The SMILES string of the molecule is Cc1ccc(F)cc1C(C(=O)Nc1nccs1)N1Cc2ccc(-c3ccc(N4CCN(C(=O)CCOCCOCCOCCOCCOCCNc5cccc6c5C(=O)N(C5CCC(=O)CC5=O)C6=O)CC4)cc3)cc2C1=O. The van der Waals surface area contributed by atoms with Crippen molar-refractivity contribution in [3.05, 3.63) is 130 Å². The van der Waals surface area contributed by atoms with Crippen molar-refractivity contribution >= 4 is 68.9 Å². The van der Waals surface area contributed by atoms with Crippen LogP contribution >= 0.6 is 11.3 Å². The molecule has 1 saturated carbocycles. The van der Waals surface area contributed by atoms with Crippen LogP contribution in [0, 0.1) is 12.7 Å². The van der Waals surface area contributed by atoms with Crippen molar-refractivity contribution in [3.8, 4) is 11.1 Å². The van der Waals surface area contributed by atoms with Gasteiger partial charge in [-0.25, -0.2) is 9.37 Å². The van der Waals surface area contributed by atoms with E-state index in [2.05, 4.69) is 20.5 Å². The monoisotopic (exact) mass is 1090 g/mol. The summed E-state index contributed by atoms with van der Waals surface area (Å²) in [6.07, 6.45) is 1.91. The van der Waals surface area contributed by atoms with Gasteiger partial charge in [0.2, 0.25) is 5.91 Å². The van der Waals surface area contributed by atoms with E-state index in [1.807, 2.05) is 47.4 Å². The molecule has 2 fully saturated rings. The Hall–Kier alpha value is -7.27. The Bertz CT molecular complexity index is 2990. The minimum absolute atomic E-state index is 0.0426. The number of anilines is 3. The summed E-state index contributed by atoms with van der Waals surface area (Å²) >= 11 is 1.26. The number of halogens is 1. The quantitative estimate of drug-likeness (QED) is 0.0363. The summed E-state index contributed by atoms with van der Waals surface area (Å²) in [6, 6.07) is 21.0. The van der Waals surface area contributed by atoms with E-state index in [1.165, 1.54) is 28.4 Å². The maximum Gasteiger partial charge on any atom is 0.264 e. The van der Waals surface area contributed by atoms with E-state index >= 15 is 0 Å². The third kappa shape index (κ3) is 13.3. The number of Topliss-reactive ketones (excluding diaryl/α,β-unsaturated/α-hetero) is 2. The van der Waals surface area contributed by atoms with Crippen LogP contribution in [0.5, 0.6) is 0 Å². The van der Waals surface area contributed by atoms with Gasteiger partial charge in [-0.3, -0.25) is 43.8 Å². The summed E-state index contributed by atoms with van der Waals surface area (Å²) in [4.78, 5) is 102. The minimum Gasteiger partial charge on any atom is -0.382 e. The first-order valence-electron chi connectivity index (χ1n) is 26.2. The van der Waals surface area contributed by atoms with Crippen LogP contribution in [-0.2, 0) is 49.4 Å². The van der Waals surface area contributed by atoms with Gasteiger partial charge in [0.25, 0.3) is 23.6 Å². The number of thiazole rings is 1. The van der Waals surface area contributed by atoms with Gasteiger partial charge < -0.3 is 43.7 Å². The van der Waals surface area contributed by atoms with Crippen molar-refractivity contribution in [2.45, 2.75) is 51.2 Å². The number of amides is 5. The molecule has 2 atom stereocenters. The van der Waals surface area contributed by atoms with Crippen molar-refractivity contribution in [2.24, 2.45) is 0 Å². The molecule has 5 aromatic rings. The van der Waals surface area contributed by atoms with E-state index in [1.54, 1.807) is 42.8 Å². The first-order chi connectivity index (χ1) is 37.9. The zero-order valence-corrected chi connectivity index (χ0v) is 44.2. The van der Waals surface area contributed by atoms with Crippen molar-refractivity contribution in [2.75, 3.05) is 114 Å². The molecule has 1 aliphatic carbocycles. The zero-order chi connectivity index (χ0) is 54.5. The second-order valence-electron chi connectivity index (χ2n) is 19.1. The van der Waals surface area contributed by atoms with Crippen molar-refractivity contribution in [1.82, 2.24) is 19.7 Å². The first-order valence-corrected chi connectivity index (χ1v) is 27.0. The molecular weight excluding hydrogens is 1030 g/mol. The summed E-state index contributed by atoms with van der Waals surface area (Å²) in [5.74, 6) is -2.88. The molecule has 9 rings (SSSR count). The molecule has 1 aromatic heterocycles. The van der Waals surface area contributed by atoms with Crippen LogP contribution in [0.15, 0.2) is 90.4 Å². The Balaban J connectivity index is 0.595.